The summed E-state index contributed by atoms with van der Waals surface area (Å²) in [5.74, 6) is -1.04. The molecule has 0 spiro atoms. The third-order valence-electron chi connectivity index (χ3n) is 3.53. The number of rotatable bonds is 8. The molecule has 2 rings (SSSR count). The number of benzene rings is 2. The van der Waals surface area contributed by atoms with Gasteiger partial charge in [0.05, 0.1) is 6.61 Å². The van der Waals surface area contributed by atoms with E-state index >= 15 is 0 Å². The predicted octanol–water partition coefficient (Wildman–Crippen LogP) is 2.97. The summed E-state index contributed by atoms with van der Waals surface area (Å²) in [6.45, 7) is 0.0734. The first-order valence-corrected chi connectivity index (χ1v) is 7.60. The summed E-state index contributed by atoms with van der Waals surface area (Å²) in [6.07, 6.45) is 2.76. The molecule has 0 amide bonds. The van der Waals surface area contributed by atoms with Crippen LogP contribution < -0.4 is 5.32 Å². The van der Waals surface area contributed by atoms with Gasteiger partial charge in [-0.1, -0.05) is 66.7 Å². The zero-order valence-electron chi connectivity index (χ0n) is 13.3. The van der Waals surface area contributed by atoms with Gasteiger partial charge in [-0.3, -0.25) is 4.79 Å². The van der Waals surface area contributed by atoms with E-state index in [4.69, 9.17) is 10.2 Å². The number of aliphatic carboxylic acids is 1. The predicted molar refractivity (Wildman–Crippen MR) is 98.3 cm³/mol. The first-order chi connectivity index (χ1) is 11.2. The second-order valence-electron chi connectivity index (χ2n) is 5.17. The quantitative estimate of drug-likeness (QED) is 0.642. The Hall–Kier alpha value is -2.14. The number of aliphatic hydroxyl groups excluding tert-OH is 1. The molecule has 0 radical (unpaired) electrons. The smallest absolute Gasteiger partial charge is 0.323 e. The molecule has 0 heterocycles. The van der Waals surface area contributed by atoms with Crippen molar-refractivity contribution >= 4 is 23.9 Å². The highest BCUT2D eigenvalue weighted by molar-refractivity contribution is 5.85. The molecule has 0 saturated heterocycles. The maximum Gasteiger partial charge on any atom is 0.323 e. The van der Waals surface area contributed by atoms with Gasteiger partial charge in [0.1, 0.15) is 6.04 Å². The second-order valence-corrected chi connectivity index (χ2v) is 5.17. The average molecular weight is 348 g/mol. The number of nitrogens with one attached hydrogen (secondary N) is 1. The molecule has 24 heavy (non-hydrogen) atoms. The van der Waals surface area contributed by atoms with Crippen LogP contribution in [-0.2, 0) is 4.79 Å². The van der Waals surface area contributed by atoms with Crippen LogP contribution in [0.15, 0.2) is 66.7 Å². The van der Waals surface area contributed by atoms with Crippen LogP contribution in [0.1, 0.15) is 17.5 Å². The Kier molecular flexibility index (Phi) is 8.79. The van der Waals surface area contributed by atoms with Gasteiger partial charge in [0.25, 0.3) is 0 Å². The van der Waals surface area contributed by atoms with Gasteiger partial charge in [0, 0.05) is 0 Å². The van der Waals surface area contributed by atoms with Gasteiger partial charge in [-0.15, -0.1) is 12.4 Å². The van der Waals surface area contributed by atoms with E-state index < -0.39 is 18.6 Å². The standard InChI is InChI=1S/C19H21NO3.ClH/c21-14-18(19(22)23)20-13-7-12-17(15-8-3-1-4-9-15)16-10-5-2-6-11-16;/h1-6,8-12,18,20-21H,7,13-14H2,(H,22,23);1H. The fraction of sp³-hybridized carbons (Fsp3) is 0.211. The summed E-state index contributed by atoms with van der Waals surface area (Å²) < 4.78 is 0. The molecule has 2 aromatic carbocycles. The third-order valence-corrected chi connectivity index (χ3v) is 3.53. The van der Waals surface area contributed by atoms with Gasteiger partial charge in [-0.25, -0.2) is 0 Å². The molecule has 4 nitrogen and oxygen atoms in total. The number of carboxylic acids is 1. The Morgan fingerprint density at radius 2 is 1.50 bits per heavy atom. The number of hydrogen-bond acceptors (Lipinski definition) is 3. The largest absolute Gasteiger partial charge is 0.480 e. The number of hydrogen-bond donors (Lipinski definition) is 3. The molecule has 0 aliphatic heterocycles. The van der Waals surface area contributed by atoms with Crippen molar-refractivity contribution < 1.29 is 15.0 Å². The van der Waals surface area contributed by atoms with Crippen LogP contribution in [0.5, 0.6) is 0 Å². The highest BCUT2D eigenvalue weighted by atomic mass is 35.5. The van der Waals surface area contributed by atoms with Crippen molar-refractivity contribution in [1.29, 1.82) is 0 Å². The summed E-state index contributed by atoms with van der Waals surface area (Å²) in [5, 5.41) is 20.7. The van der Waals surface area contributed by atoms with Gasteiger partial charge < -0.3 is 15.5 Å². The third kappa shape index (κ3) is 5.81. The Balaban J connectivity index is 0.00000288. The first-order valence-electron chi connectivity index (χ1n) is 7.60. The monoisotopic (exact) mass is 347 g/mol. The van der Waals surface area contributed by atoms with Crippen LogP contribution in [-0.4, -0.2) is 35.4 Å². The van der Waals surface area contributed by atoms with Crippen LogP contribution in [0, 0.1) is 0 Å². The van der Waals surface area contributed by atoms with Gasteiger partial charge in [0.2, 0.25) is 0 Å². The van der Waals surface area contributed by atoms with E-state index in [1.54, 1.807) is 0 Å². The van der Waals surface area contributed by atoms with Gasteiger partial charge >= 0.3 is 5.97 Å². The van der Waals surface area contributed by atoms with Crippen molar-refractivity contribution in [2.45, 2.75) is 12.5 Å². The molecule has 0 aliphatic carbocycles. The number of carbonyl (C=O) groups is 1. The highest BCUT2D eigenvalue weighted by Gasteiger charge is 2.14. The minimum absolute atomic E-state index is 0. The summed E-state index contributed by atoms with van der Waals surface area (Å²) in [4.78, 5) is 10.9. The Morgan fingerprint density at radius 1 is 1.00 bits per heavy atom. The van der Waals surface area contributed by atoms with Crippen LogP contribution in [0.25, 0.3) is 5.57 Å². The average Bonchev–Trinajstić information content (AvgIpc) is 2.59. The van der Waals surface area contributed by atoms with Crippen molar-refractivity contribution in [3.05, 3.63) is 77.9 Å². The van der Waals surface area contributed by atoms with E-state index in [2.05, 4.69) is 35.7 Å². The van der Waals surface area contributed by atoms with E-state index in [1.165, 1.54) is 0 Å². The van der Waals surface area contributed by atoms with E-state index in [0.29, 0.717) is 13.0 Å². The summed E-state index contributed by atoms with van der Waals surface area (Å²) in [6, 6.07) is 19.2. The number of halogens is 1. The second kappa shape index (κ2) is 10.6. The molecule has 0 saturated carbocycles. The maximum absolute atomic E-state index is 10.9. The van der Waals surface area contributed by atoms with E-state index in [0.717, 1.165) is 16.7 Å². The van der Waals surface area contributed by atoms with E-state index in [9.17, 15) is 4.79 Å². The molecule has 128 valence electrons. The molecule has 0 bridgehead atoms. The van der Waals surface area contributed by atoms with Gasteiger partial charge in [-0.2, -0.15) is 0 Å². The zero-order valence-corrected chi connectivity index (χ0v) is 14.1. The summed E-state index contributed by atoms with van der Waals surface area (Å²) in [7, 11) is 0. The van der Waals surface area contributed by atoms with Crippen molar-refractivity contribution in [3.63, 3.8) is 0 Å². The van der Waals surface area contributed by atoms with Gasteiger partial charge in [-0.05, 0) is 29.7 Å². The minimum atomic E-state index is -1.04. The van der Waals surface area contributed by atoms with Crippen LogP contribution in [0.2, 0.25) is 0 Å². The molecule has 1 atom stereocenters. The van der Waals surface area contributed by atoms with Crippen molar-refractivity contribution in [1.82, 2.24) is 5.32 Å². The zero-order chi connectivity index (χ0) is 16.5. The molecule has 0 aromatic heterocycles. The number of aliphatic hydroxyl groups is 1. The lowest BCUT2D eigenvalue weighted by Gasteiger charge is -2.12. The van der Waals surface area contributed by atoms with Gasteiger partial charge in [0.15, 0.2) is 0 Å². The maximum atomic E-state index is 10.9. The number of carboxylic acid groups (broad SMARTS) is 1. The molecule has 1 unspecified atom stereocenters. The summed E-state index contributed by atoms with van der Waals surface area (Å²) in [5.41, 5.74) is 3.36. The van der Waals surface area contributed by atoms with Crippen LogP contribution >= 0.6 is 12.4 Å². The Morgan fingerprint density at radius 3 is 1.92 bits per heavy atom. The van der Waals surface area contributed by atoms with Crippen LogP contribution in [0.3, 0.4) is 0 Å². The highest BCUT2D eigenvalue weighted by Crippen LogP contribution is 2.23. The van der Waals surface area contributed by atoms with Crippen molar-refractivity contribution in [3.8, 4) is 0 Å². The fourth-order valence-electron chi connectivity index (χ4n) is 2.34. The van der Waals surface area contributed by atoms with E-state index in [-0.39, 0.29) is 12.4 Å². The fourth-order valence-corrected chi connectivity index (χ4v) is 2.34. The Bertz CT molecular complexity index is 603. The molecular weight excluding hydrogens is 326 g/mol. The topological polar surface area (TPSA) is 69.6 Å². The lowest BCUT2D eigenvalue weighted by Crippen LogP contribution is -2.40. The molecular formula is C19H22ClNO3. The lowest BCUT2D eigenvalue weighted by atomic mass is 9.97. The summed E-state index contributed by atoms with van der Waals surface area (Å²) >= 11 is 0. The van der Waals surface area contributed by atoms with E-state index in [1.807, 2.05) is 36.4 Å². The molecule has 3 N–H and O–H groups in total. The van der Waals surface area contributed by atoms with Crippen molar-refractivity contribution in [2.75, 3.05) is 13.2 Å². The first kappa shape index (κ1) is 19.9. The molecule has 5 heteroatoms. The lowest BCUT2D eigenvalue weighted by molar-refractivity contribution is -0.140. The minimum Gasteiger partial charge on any atom is -0.480 e. The van der Waals surface area contributed by atoms with Crippen molar-refractivity contribution in [2.24, 2.45) is 0 Å². The SMILES string of the molecule is Cl.O=C(O)C(CO)NCCC=C(c1ccccc1)c1ccccc1. The Labute approximate surface area is 148 Å². The van der Waals surface area contributed by atoms with Crippen LogP contribution in [0.4, 0.5) is 0 Å². The normalized spacial score (nSPS) is 11.2. The molecule has 0 aliphatic rings. The molecule has 0 fully saturated rings. The molecule has 2 aromatic rings.